The Labute approximate surface area is 79.9 Å². The van der Waals surface area contributed by atoms with E-state index in [1.165, 1.54) is 19.2 Å². The van der Waals surface area contributed by atoms with Crippen molar-refractivity contribution in [2.45, 2.75) is 6.54 Å². The first-order valence-electron chi connectivity index (χ1n) is 3.91. The third kappa shape index (κ3) is 2.51. The molecule has 6 heteroatoms. The van der Waals surface area contributed by atoms with Crippen molar-refractivity contribution in [2.24, 2.45) is 0 Å². The highest BCUT2D eigenvalue weighted by Gasteiger charge is 2.08. The van der Waals surface area contributed by atoms with Crippen LogP contribution < -0.4 is 10.6 Å². The minimum absolute atomic E-state index is 0.140. The van der Waals surface area contributed by atoms with E-state index in [0.717, 1.165) is 0 Å². The molecule has 6 nitrogen and oxygen atoms in total. The zero-order valence-electron chi connectivity index (χ0n) is 7.53. The Morgan fingerprint density at radius 3 is 2.71 bits per heavy atom. The first-order valence-corrected chi connectivity index (χ1v) is 3.91. The molecule has 1 rings (SSSR count). The second kappa shape index (κ2) is 4.31. The Morgan fingerprint density at radius 1 is 1.50 bits per heavy atom. The van der Waals surface area contributed by atoms with Crippen LogP contribution in [-0.2, 0) is 6.54 Å². The maximum atomic E-state index is 10.7. The van der Waals surface area contributed by atoms with Crippen molar-refractivity contribution in [1.29, 1.82) is 0 Å². The molecule has 3 N–H and O–H groups in total. The van der Waals surface area contributed by atoms with Crippen molar-refractivity contribution in [1.82, 2.24) is 10.6 Å². The zero-order chi connectivity index (χ0) is 10.6. The van der Waals surface area contributed by atoms with Crippen LogP contribution in [0.1, 0.15) is 16.3 Å². The number of hydrogen-bond acceptors (Lipinski definition) is 3. The second-order valence-corrected chi connectivity index (χ2v) is 2.50. The van der Waals surface area contributed by atoms with Crippen molar-refractivity contribution in [3.63, 3.8) is 0 Å². The summed E-state index contributed by atoms with van der Waals surface area (Å²) in [7, 11) is 1.49. The SMILES string of the molecule is CNC(=O)NCc1ccc(C(=O)O)o1. The molecule has 0 bridgehead atoms. The third-order valence-electron chi connectivity index (χ3n) is 1.52. The van der Waals surface area contributed by atoms with Gasteiger partial charge in [-0.3, -0.25) is 0 Å². The molecular weight excluding hydrogens is 188 g/mol. The zero-order valence-corrected chi connectivity index (χ0v) is 7.53. The number of hydrogen-bond donors (Lipinski definition) is 3. The number of amides is 2. The van der Waals surface area contributed by atoms with Gasteiger partial charge in [0, 0.05) is 7.05 Å². The van der Waals surface area contributed by atoms with Gasteiger partial charge in [-0.15, -0.1) is 0 Å². The summed E-state index contributed by atoms with van der Waals surface area (Å²) < 4.78 is 4.90. The largest absolute Gasteiger partial charge is 0.475 e. The van der Waals surface area contributed by atoms with Crippen LogP contribution in [0.3, 0.4) is 0 Å². The molecule has 0 radical (unpaired) electrons. The highest BCUT2D eigenvalue weighted by atomic mass is 16.4. The number of carbonyl (C=O) groups excluding carboxylic acids is 1. The number of nitrogens with one attached hydrogen (secondary N) is 2. The van der Waals surface area contributed by atoms with Gasteiger partial charge in [-0.05, 0) is 12.1 Å². The van der Waals surface area contributed by atoms with E-state index in [2.05, 4.69) is 10.6 Å². The highest BCUT2D eigenvalue weighted by Crippen LogP contribution is 2.06. The Balaban J connectivity index is 2.52. The topological polar surface area (TPSA) is 91.6 Å². The predicted molar refractivity (Wildman–Crippen MR) is 47.0 cm³/mol. The quantitative estimate of drug-likeness (QED) is 0.655. The normalized spacial score (nSPS) is 9.50. The monoisotopic (exact) mass is 198 g/mol. The van der Waals surface area contributed by atoms with Gasteiger partial charge in [-0.1, -0.05) is 0 Å². The molecule has 1 aromatic rings. The smallest absolute Gasteiger partial charge is 0.371 e. The lowest BCUT2D eigenvalue weighted by atomic mass is 10.4. The summed E-state index contributed by atoms with van der Waals surface area (Å²) in [4.78, 5) is 21.2. The van der Waals surface area contributed by atoms with Gasteiger partial charge in [0.2, 0.25) is 5.76 Å². The summed E-state index contributed by atoms with van der Waals surface area (Å²) in [6.07, 6.45) is 0. The van der Waals surface area contributed by atoms with Gasteiger partial charge in [0.15, 0.2) is 0 Å². The lowest BCUT2D eigenvalue weighted by molar-refractivity contribution is 0.0660. The Bertz CT molecular complexity index is 345. The molecule has 0 aliphatic rings. The first kappa shape index (κ1) is 10.1. The molecular formula is C8H10N2O4. The van der Waals surface area contributed by atoms with Crippen LogP contribution in [0.25, 0.3) is 0 Å². The summed E-state index contributed by atoms with van der Waals surface area (Å²) >= 11 is 0. The second-order valence-electron chi connectivity index (χ2n) is 2.50. The predicted octanol–water partition coefficient (Wildman–Crippen LogP) is 0.407. The Morgan fingerprint density at radius 2 is 2.21 bits per heavy atom. The lowest BCUT2D eigenvalue weighted by Crippen LogP contribution is -2.31. The lowest BCUT2D eigenvalue weighted by Gasteiger charge is -2.00. The average molecular weight is 198 g/mol. The minimum atomic E-state index is -1.13. The van der Waals surface area contributed by atoms with Crippen LogP contribution in [0.5, 0.6) is 0 Å². The van der Waals surface area contributed by atoms with Gasteiger partial charge >= 0.3 is 12.0 Å². The summed E-state index contributed by atoms with van der Waals surface area (Å²) in [5, 5.41) is 13.3. The molecule has 0 aliphatic carbocycles. The average Bonchev–Trinajstić information content (AvgIpc) is 2.62. The number of aromatic carboxylic acids is 1. The van der Waals surface area contributed by atoms with Crippen LogP contribution in [-0.4, -0.2) is 24.2 Å². The van der Waals surface area contributed by atoms with E-state index < -0.39 is 5.97 Å². The van der Waals surface area contributed by atoms with E-state index in [0.29, 0.717) is 5.76 Å². The van der Waals surface area contributed by atoms with E-state index in [4.69, 9.17) is 9.52 Å². The van der Waals surface area contributed by atoms with Crippen LogP contribution >= 0.6 is 0 Å². The molecule has 2 amide bonds. The molecule has 0 fully saturated rings. The fraction of sp³-hybridized carbons (Fsp3) is 0.250. The van der Waals surface area contributed by atoms with Crippen LogP contribution in [0.15, 0.2) is 16.5 Å². The first-order chi connectivity index (χ1) is 6.63. The van der Waals surface area contributed by atoms with Crippen molar-refractivity contribution in [3.05, 3.63) is 23.7 Å². The molecule has 1 heterocycles. The number of carboxylic acid groups (broad SMARTS) is 1. The molecule has 14 heavy (non-hydrogen) atoms. The third-order valence-corrected chi connectivity index (χ3v) is 1.52. The molecule has 0 spiro atoms. The van der Waals surface area contributed by atoms with Crippen LogP contribution in [0, 0.1) is 0 Å². The molecule has 0 aromatic carbocycles. The van der Waals surface area contributed by atoms with Gasteiger partial charge in [-0.25, -0.2) is 9.59 Å². The number of urea groups is 1. The molecule has 0 unspecified atom stereocenters. The Kier molecular flexibility index (Phi) is 3.11. The molecule has 0 saturated heterocycles. The fourth-order valence-electron chi connectivity index (χ4n) is 0.844. The molecule has 0 atom stereocenters. The minimum Gasteiger partial charge on any atom is -0.475 e. The van der Waals surface area contributed by atoms with Crippen LogP contribution in [0.4, 0.5) is 4.79 Å². The molecule has 76 valence electrons. The standard InChI is InChI=1S/C8H10N2O4/c1-9-8(13)10-4-5-2-3-6(14-5)7(11)12/h2-3H,4H2,1H3,(H,11,12)(H2,9,10,13). The maximum absolute atomic E-state index is 10.7. The van der Waals surface area contributed by atoms with E-state index >= 15 is 0 Å². The number of carboxylic acids is 1. The van der Waals surface area contributed by atoms with E-state index in [1.54, 1.807) is 0 Å². The van der Waals surface area contributed by atoms with Crippen molar-refractivity contribution < 1.29 is 19.1 Å². The number of furan rings is 1. The van der Waals surface area contributed by atoms with Crippen LogP contribution in [0.2, 0.25) is 0 Å². The summed E-state index contributed by atoms with van der Waals surface area (Å²) in [6.45, 7) is 0.160. The van der Waals surface area contributed by atoms with Gasteiger partial charge < -0.3 is 20.2 Å². The molecule has 0 aliphatic heterocycles. The number of rotatable bonds is 3. The summed E-state index contributed by atoms with van der Waals surface area (Å²) in [6, 6.07) is 2.49. The molecule has 1 aromatic heterocycles. The summed E-state index contributed by atoms with van der Waals surface area (Å²) in [5.74, 6) is -0.874. The van der Waals surface area contributed by atoms with Crippen molar-refractivity contribution >= 4 is 12.0 Å². The van der Waals surface area contributed by atoms with Crippen molar-refractivity contribution in [3.8, 4) is 0 Å². The molecule has 0 saturated carbocycles. The maximum Gasteiger partial charge on any atom is 0.371 e. The van der Waals surface area contributed by atoms with Gasteiger partial charge in [0.05, 0.1) is 6.54 Å². The van der Waals surface area contributed by atoms with E-state index in [-0.39, 0.29) is 18.3 Å². The van der Waals surface area contributed by atoms with E-state index in [9.17, 15) is 9.59 Å². The van der Waals surface area contributed by atoms with Crippen molar-refractivity contribution in [2.75, 3.05) is 7.05 Å². The van der Waals surface area contributed by atoms with Gasteiger partial charge in [-0.2, -0.15) is 0 Å². The summed E-state index contributed by atoms with van der Waals surface area (Å²) in [5.41, 5.74) is 0. The van der Waals surface area contributed by atoms with Gasteiger partial charge in [0.1, 0.15) is 5.76 Å². The highest BCUT2D eigenvalue weighted by molar-refractivity contribution is 5.84. The fourth-order valence-corrected chi connectivity index (χ4v) is 0.844. The Hall–Kier alpha value is -1.98. The van der Waals surface area contributed by atoms with E-state index in [1.807, 2.05) is 0 Å². The van der Waals surface area contributed by atoms with Gasteiger partial charge in [0.25, 0.3) is 0 Å². The number of carbonyl (C=O) groups is 2.